The van der Waals surface area contributed by atoms with E-state index in [9.17, 15) is 4.79 Å². The van der Waals surface area contributed by atoms with Crippen molar-refractivity contribution in [2.45, 2.75) is 78.6 Å². The van der Waals surface area contributed by atoms with Gasteiger partial charge in [-0.25, -0.2) is 0 Å². The average Bonchev–Trinajstić information content (AvgIpc) is 2.46. The van der Waals surface area contributed by atoms with Crippen LogP contribution >= 0.6 is 0 Å². The molecule has 0 heterocycles. The Morgan fingerprint density at radius 1 is 1.00 bits per heavy atom. The summed E-state index contributed by atoms with van der Waals surface area (Å²) in [6.45, 7) is 11.0. The molecule has 0 radical (unpaired) electrons. The highest BCUT2D eigenvalue weighted by molar-refractivity contribution is 6.01. The number of Topliss-reactive ketones (excluding diaryl/α,β-unsaturated/α-hetero) is 1. The lowest BCUT2D eigenvalue weighted by Gasteiger charge is -2.33. The first-order valence-corrected chi connectivity index (χ1v) is 8.54. The second-order valence-electron chi connectivity index (χ2n) is 7.61. The summed E-state index contributed by atoms with van der Waals surface area (Å²) in [5, 5.41) is 0. The van der Waals surface area contributed by atoms with Crippen LogP contribution in [0.15, 0.2) is 18.2 Å². The third-order valence-corrected chi connectivity index (χ3v) is 5.11. The van der Waals surface area contributed by atoms with E-state index >= 15 is 0 Å². The SMILES string of the molecule is CC(C)c1ccc(C(=O)C2(C)CCCCC2)c(C(C)C)c1. The molecule has 1 nitrogen and oxygen atoms in total. The number of benzene rings is 1. The molecule has 0 aromatic heterocycles. The van der Waals surface area contributed by atoms with Crippen molar-refractivity contribution < 1.29 is 4.79 Å². The lowest BCUT2D eigenvalue weighted by atomic mass is 9.70. The van der Waals surface area contributed by atoms with Crippen LogP contribution in [0.3, 0.4) is 0 Å². The average molecular weight is 286 g/mol. The second kappa shape index (κ2) is 6.34. The van der Waals surface area contributed by atoms with E-state index in [0.717, 1.165) is 18.4 Å². The molecule has 0 unspecified atom stereocenters. The van der Waals surface area contributed by atoms with Gasteiger partial charge in [0.1, 0.15) is 0 Å². The van der Waals surface area contributed by atoms with Crippen LogP contribution in [0, 0.1) is 5.41 Å². The van der Waals surface area contributed by atoms with Gasteiger partial charge in [0.25, 0.3) is 0 Å². The first kappa shape index (κ1) is 16.3. The summed E-state index contributed by atoms with van der Waals surface area (Å²) < 4.78 is 0. The highest BCUT2D eigenvalue weighted by atomic mass is 16.1. The molecule has 0 aliphatic heterocycles. The van der Waals surface area contributed by atoms with Crippen LogP contribution in [0.2, 0.25) is 0 Å². The lowest BCUT2D eigenvalue weighted by Crippen LogP contribution is -2.31. The third kappa shape index (κ3) is 3.39. The summed E-state index contributed by atoms with van der Waals surface area (Å²) >= 11 is 0. The maximum absolute atomic E-state index is 13.1. The molecule has 116 valence electrons. The van der Waals surface area contributed by atoms with Gasteiger partial charge in [-0.3, -0.25) is 4.79 Å². The molecule has 1 aromatic carbocycles. The van der Waals surface area contributed by atoms with E-state index in [2.05, 4.69) is 52.8 Å². The van der Waals surface area contributed by atoms with Gasteiger partial charge in [-0.05, 0) is 35.8 Å². The number of rotatable bonds is 4. The highest BCUT2D eigenvalue weighted by Crippen LogP contribution is 2.40. The van der Waals surface area contributed by atoms with E-state index in [0.29, 0.717) is 17.6 Å². The Morgan fingerprint density at radius 3 is 2.14 bits per heavy atom. The summed E-state index contributed by atoms with van der Waals surface area (Å²) in [5.74, 6) is 1.29. The number of hydrogen-bond acceptors (Lipinski definition) is 1. The van der Waals surface area contributed by atoms with Crippen molar-refractivity contribution in [3.63, 3.8) is 0 Å². The van der Waals surface area contributed by atoms with Gasteiger partial charge < -0.3 is 0 Å². The second-order valence-corrected chi connectivity index (χ2v) is 7.61. The van der Waals surface area contributed by atoms with Gasteiger partial charge in [0.15, 0.2) is 5.78 Å². The van der Waals surface area contributed by atoms with Crippen LogP contribution < -0.4 is 0 Å². The van der Waals surface area contributed by atoms with E-state index in [1.54, 1.807) is 0 Å². The zero-order valence-electron chi connectivity index (χ0n) is 14.3. The molecule has 1 aliphatic rings. The van der Waals surface area contributed by atoms with Crippen LogP contribution in [0.25, 0.3) is 0 Å². The molecule has 1 heteroatoms. The van der Waals surface area contributed by atoms with Gasteiger partial charge in [0, 0.05) is 11.0 Å². The van der Waals surface area contributed by atoms with Crippen LogP contribution in [0.1, 0.15) is 100 Å². The van der Waals surface area contributed by atoms with Gasteiger partial charge in [0.2, 0.25) is 0 Å². The van der Waals surface area contributed by atoms with Crippen molar-refractivity contribution >= 4 is 5.78 Å². The molecule has 1 fully saturated rings. The largest absolute Gasteiger partial charge is 0.294 e. The molecule has 0 atom stereocenters. The molecule has 2 rings (SSSR count). The summed E-state index contributed by atoms with van der Waals surface area (Å²) in [5.41, 5.74) is 3.40. The predicted octanol–water partition coefficient (Wildman–Crippen LogP) is 6.09. The Hall–Kier alpha value is -1.11. The Bertz CT molecular complexity index is 505. The number of carbonyl (C=O) groups excluding carboxylic acids is 1. The summed E-state index contributed by atoms with van der Waals surface area (Å²) in [4.78, 5) is 13.1. The Labute approximate surface area is 130 Å². The fourth-order valence-corrected chi connectivity index (χ4v) is 3.51. The van der Waals surface area contributed by atoms with E-state index in [-0.39, 0.29) is 5.41 Å². The smallest absolute Gasteiger partial charge is 0.169 e. The molecule has 1 saturated carbocycles. The quantitative estimate of drug-likeness (QED) is 0.612. The predicted molar refractivity (Wildman–Crippen MR) is 90.1 cm³/mol. The Balaban J connectivity index is 2.40. The van der Waals surface area contributed by atoms with Crippen LogP contribution in [-0.4, -0.2) is 5.78 Å². The summed E-state index contributed by atoms with van der Waals surface area (Å²) in [7, 11) is 0. The van der Waals surface area contributed by atoms with Crippen LogP contribution in [0.5, 0.6) is 0 Å². The Morgan fingerprint density at radius 2 is 1.62 bits per heavy atom. The fraction of sp³-hybridized carbons (Fsp3) is 0.650. The minimum Gasteiger partial charge on any atom is -0.294 e. The molecule has 0 saturated heterocycles. The van der Waals surface area contributed by atoms with Crippen molar-refractivity contribution in [3.05, 3.63) is 34.9 Å². The molecular weight excluding hydrogens is 256 g/mol. The van der Waals surface area contributed by atoms with E-state index < -0.39 is 0 Å². The standard InChI is InChI=1S/C20H30O/c1-14(2)16-9-10-17(18(13-16)15(3)4)19(21)20(5)11-7-6-8-12-20/h9-10,13-15H,6-8,11-12H2,1-5H3. The molecule has 0 bridgehead atoms. The van der Waals surface area contributed by atoms with Crippen molar-refractivity contribution in [2.24, 2.45) is 5.41 Å². The Kier molecular flexibility index (Phi) is 4.91. The van der Waals surface area contributed by atoms with Crippen LogP contribution in [0.4, 0.5) is 0 Å². The van der Waals surface area contributed by atoms with Gasteiger partial charge in [-0.1, -0.05) is 72.1 Å². The highest BCUT2D eigenvalue weighted by Gasteiger charge is 2.36. The van der Waals surface area contributed by atoms with Gasteiger partial charge in [0.05, 0.1) is 0 Å². The van der Waals surface area contributed by atoms with Crippen molar-refractivity contribution in [1.82, 2.24) is 0 Å². The first-order chi connectivity index (χ1) is 9.85. The molecular formula is C20H30O. The fourth-order valence-electron chi connectivity index (χ4n) is 3.51. The normalized spacial score (nSPS) is 18.2. The van der Waals surface area contributed by atoms with Crippen molar-refractivity contribution in [2.75, 3.05) is 0 Å². The molecule has 1 aromatic rings. The third-order valence-electron chi connectivity index (χ3n) is 5.11. The van der Waals surface area contributed by atoms with Gasteiger partial charge in [-0.2, -0.15) is 0 Å². The zero-order chi connectivity index (χ0) is 15.6. The molecule has 0 amide bonds. The maximum atomic E-state index is 13.1. The van der Waals surface area contributed by atoms with E-state index in [4.69, 9.17) is 0 Å². The molecule has 0 spiro atoms. The first-order valence-electron chi connectivity index (χ1n) is 8.54. The number of hydrogen-bond donors (Lipinski definition) is 0. The minimum absolute atomic E-state index is 0.138. The molecule has 1 aliphatic carbocycles. The van der Waals surface area contributed by atoms with Gasteiger partial charge in [-0.15, -0.1) is 0 Å². The lowest BCUT2D eigenvalue weighted by molar-refractivity contribution is 0.0748. The number of carbonyl (C=O) groups is 1. The maximum Gasteiger partial charge on any atom is 0.169 e. The zero-order valence-corrected chi connectivity index (χ0v) is 14.3. The monoisotopic (exact) mass is 286 g/mol. The summed E-state index contributed by atoms with van der Waals surface area (Å²) in [6.07, 6.45) is 5.78. The minimum atomic E-state index is -0.138. The molecule has 21 heavy (non-hydrogen) atoms. The van der Waals surface area contributed by atoms with Crippen molar-refractivity contribution in [1.29, 1.82) is 0 Å². The topological polar surface area (TPSA) is 17.1 Å². The molecule has 0 N–H and O–H groups in total. The number of ketones is 1. The van der Waals surface area contributed by atoms with Crippen molar-refractivity contribution in [3.8, 4) is 0 Å². The van der Waals surface area contributed by atoms with Gasteiger partial charge >= 0.3 is 0 Å². The van der Waals surface area contributed by atoms with E-state index in [1.807, 2.05) is 0 Å². The van der Waals surface area contributed by atoms with Crippen LogP contribution in [-0.2, 0) is 0 Å². The van der Waals surface area contributed by atoms with E-state index in [1.165, 1.54) is 30.4 Å². The summed E-state index contributed by atoms with van der Waals surface area (Å²) in [6, 6.07) is 6.50.